The highest BCUT2D eigenvalue weighted by Gasteiger charge is 2.13. The molecule has 0 aromatic heterocycles. The van der Waals surface area contributed by atoms with Crippen molar-refractivity contribution < 1.29 is 4.79 Å². The number of rotatable bonds is 4. The van der Waals surface area contributed by atoms with E-state index in [9.17, 15) is 4.79 Å². The van der Waals surface area contributed by atoms with Crippen LogP contribution in [0.5, 0.6) is 0 Å². The van der Waals surface area contributed by atoms with E-state index in [0.717, 1.165) is 24.3 Å². The lowest BCUT2D eigenvalue weighted by atomic mass is 10.1. The highest BCUT2D eigenvalue weighted by molar-refractivity contribution is 5.92. The first kappa shape index (κ1) is 15.8. The van der Waals surface area contributed by atoms with Crippen LogP contribution in [0.3, 0.4) is 0 Å². The second kappa shape index (κ2) is 7.93. The third-order valence-corrected chi connectivity index (χ3v) is 4.34. The van der Waals surface area contributed by atoms with E-state index in [0.29, 0.717) is 6.54 Å². The van der Waals surface area contributed by atoms with Gasteiger partial charge in [0.05, 0.1) is 6.54 Å². The summed E-state index contributed by atoms with van der Waals surface area (Å²) < 4.78 is 0. The average Bonchev–Trinajstić information content (AvgIpc) is 2.85. The second-order valence-electron chi connectivity index (χ2n) is 6.18. The first-order chi connectivity index (χ1) is 11.3. The fraction of sp³-hybridized carbons (Fsp3) is 0.350. The van der Waals surface area contributed by atoms with Crippen LogP contribution < -0.4 is 5.32 Å². The molecular weight excluding hydrogens is 284 g/mol. The summed E-state index contributed by atoms with van der Waals surface area (Å²) in [6, 6.07) is 18.3. The molecule has 1 amide bonds. The summed E-state index contributed by atoms with van der Waals surface area (Å²) in [5.74, 6) is 0.0827. The number of likely N-dealkylation sites (tertiary alicyclic amines) is 1. The fourth-order valence-corrected chi connectivity index (χ4v) is 3.07. The molecule has 1 aliphatic heterocycles. The molecular formula is C20H24N2O. The zero-order chi connectivity index (χ0) is 15.9. The summed E-state index contributed by atoms with van der Waals surface area (Å²) in [6.07, 6.45) is 5.00. The molecule has 1 N–H and O–H groups in total. The van der Waals surface area contributed by atoms with Crippen molar-refractivity contribution in [3.05, 3.63) is 54.6 Å². The van der Waals surface area contributed by atoms with Gasteiger partial charge in [0.25, 0.3) is 0 Å². The van der Waals surface area contributed by atoms with Crippen molar-refractivity contribution in [2.75, 3.05) is 25.0 Å². The third-order valence-electron chi connectivity index (χ3n) is 4.34. The minimum Gasteiger partial charge on any atom is -0.325 e. The van der Waals surface area contributed by atoms with Gasteiger partial charge >= 0.3 is 0 Å². The molecule has 1 saturated heterocycles. The average molecular weight is 308 g/mol. The maximum Gasteiger partial charge on any atom is 0.238 e. The van der Waals surface area contributed by atoms with Gasteiger partial charge in [-0.15, -0.1) is 0 Å². The highest BCUT2D eigenvalue weighted by atomic mass is 16.2. The highest BCUT2D eigenvalue weighted by Crippen LogP contribution is 2.21. The van der Waals surface area contributed by atoms with Crippen LogP contribution in [-0.2, 0) is 4.79 Å². The van der Waals surface area contributed by atoms with Crippen molar-refractivity contribution >= 4 is 11.6 Å². The maximum atomic E-state index is 12.2. The molecule has 3 heteroatoms. The summed E-state index contributed by atoms with van der Waals surface area (Å²) >= 11 is 0. The van der Waals surface area contributed by atoms with Crippen LogP contribution in [0.25, 0.3) is 11.1 Å². The largest absolute Gasteiger partial charge is 0.325 e. The molecule has 1 aliphatic rings. The lowest BCUT2D eigenvalue weighted by molar-refractivity contribution is -0.117. The monoisotopic (exact) mass is 308 g/mol. The van der Waals surface area contributed by atoms with Crippen LogP contribution in [0.1, 0.15) is 25.7 Å². The van der Waals surface area contributed by atoms with Gasteiger partial charge < -0.3 is 5.32 Å². The van der Waals surface area contributed by atoms with Gasteiger partial charge in [-0.2, -0.15) is 0 Å². The Morgan fingerprint density at radius 1 is 0.826 bits per heavy atom. The Labute approximate surface area is 138 Å². The number of amides is 1. The topological polar surface area (TPSA) is 32.3 Å². The molecule has 2 aromatic carbocycles. The van der Waals surface area contributed by atoms with Gasteiger partial charge in [0.15, 0.2) is 0 Å². The van der Waals surface area contributed by atoms with E-state index in [1.165, 1.54) is 31.2 Å². The van der Waals surface area contributed by atoms with Crippen molar-refractivity contribution in [2.24, 2.45) is 0 Å². The number of carbonyl (C=O) groups is 1. The Morgan fingerprint density at radius 2 is 1.43 bits per heavy atom. The molecule has 0 aliphatic carbocycles. The molecule has 23 heavy (non-hydrogen) atoms. The number of carbonyl (C=O) groups excluding carboxylic acids is 1. The Bertz CT molecular complexity index is 614. The lowest BCUT2D eigenvalue weighted by Crippen LogP contribution is -2.33. The molecule has 1 heterocycles. The quantitative estimate of drug-likeness (QED) is 0.919. The Morgan fingerprint density at radius 3 is 2.09 bits per heavy atom. The van der Waals surface area contributed by atoms with Gasteiger partial charge in [0.1, 0.15) is 0 Å². The van der Waals surface area contributed by atoms with Gasteiger partial charge in [0.2, 0.25) is 5.91 Å². The maximum absolute atomic E-state index is 12.2. The zero-order valence-corrected chi connectivity index (χ0v) is 13.5. The molecule has 3 rings (SSSR count). The SMILES string of the molecule is O=C(CN1CCCCCC1)Nc1ccc(-c2ccccc2)cc1. The van der Waals surface area contributed by atoms with E-state index in [1.54, 1.807) is 0 Å². The van der Waals surface area contributed by atoms with Gasteiger partial charge in [-0.05, 0) is 49.2 Å². The van der Waals surface area contributed by atoms with Crippen LogP contribution in [-0.4, -0.2) is 30.4 Å². The van der Waals surface area contributed by atoms with Crippen molar-refractivity contribution in [3.8, 4) is 11.1 Å². The molecule has 0 radical (unpaired) electrons. The van der Waals surface area contributed by atoms with Crippen LogP contribution in [0.2, 0.25) is 0 Å². The zero-order valence-electron chi connectivity index (χ0n) is 13.5. The first-order valence-corrected chi connectivity index (χ1v) is 8.49. The number of nitrogens with one attached hydrogen (secondary N) is 1. The number of nitrogens with zero attached hydrogens (tertiary/aromatic N) is 1. The summed E-state index contributed by atoms with van der Waals surface area (Å²) in [7, 11) is 0. The van der Waals surface area contributed by atoms with Crippen molar-refractivity contribution in [3.63, 3.8) is 0 Å². The van der Waals surface area contributed by atoms with E-state index >= 15 is 0 Å². The number of hydrogen-bond donors (Lipinski definition) is 1. The first-order valence-electron chi connectivity index (χ1n) is 8.49. The van der Waals surface area contributed by atoms with Crippen LogP contribution >= 0.6 is 0 Å². The number of anilines is 1. The van der Waals surface area contributed by atoms with Crippen LogP contribution in [0, 0.1) is 0 Å². The normalized spacial score (nSPS) is 15.8. The van der Waals surface area contributed by atoms with E-state index in [1.807, 2.05) is 30.3 Å². The predicted octanol–water partition coefficient (Wildman–Crippen LogP) is 4.17. The molecule has 3 nitrogen and oxygen atoms in total. The lowest BCUT2D eigenvalue weighted by Gasteiger charge is -2.19. The fourth-order valence-electron chi connectivity index (χ4n) is 3.07. The Balaban J connectivity index is 1.56. The van der Waals surface area contributed by atoms with E-state index in [-0.39, 0.29) is 5.91 Å². The van der Waals surface area contributed by atoms with Gasteiger partial charge in [-0.3, -0.25) is 9.69 Å². The van der Waals surface area contributed by atoms with E-state index < -0.39 is 0 Å². The molecule has 0 spiro atoms. The molecule has 0 saturated carbocycles. The van der Waals surface area contributed by atoms with Crippen molar-refractivity contribution in [1.82, 2.24) is 4.90 Å². The van der Waals surface area contributed by atoms with Gasteiger partial charge in [-0.1, -0.05) is 55.3 Å². The summed E-state index contributed by atoms with van der Waals surface area (Å²) in [5, 5.41) is 3.01. The number of hydrogen-bond acceptors (Lipinski definition) is 2. The summed E-state index contributed by atoms with van der Waals surface area (Å²) in [4.78, 5) is 14.5. The van der Waals surface area contributed by atoms with Crippen LogP contribution in [0.4, 0.5) is 5.69 Å². The number of benzene rings is 2. The van der Waals surface area contributed by atoms with Crippen molar-refractivity contribution in [2.45, 2.75) is 25.7 Å². The van der Waals surface area contributed by atoms with E-state index in [2.05, 4.69) is 34.5 Å². The van der Waals surface area contributed by atoms with Crippen LogP contribution in [0.15, 0.2) is 54.6 Å². The van der Waals surface area contributed by atoms with Gasteiger partial charge in [0, 0.05) is 5.69 Å². The third kappa shape index (κ3) is 4.67. The predicted molar refractivity (Wildman–Crippen MR) is 95.4 cm³/mol. The minimum atomic E-state index is 0.0827. The molecule has 0 bridgehead atoms. The Kier molecular flexibility index (Phi) is 5.43. The molecule has 2 aromatic rings. The standard InChI is InChI=1S/C20H24N2O/c23-20(16-22-14-6-1-2-7-15-22)21-19-12-10-18(11-13-19)17-8-4-3-5-9-17/h3-5,8-13H,1-2,6-7,14-16H2,(H,21,23). The molecule has 0 unspecified atom stereocenters. The van der Waals surface area contributed by atoms with Gasteiger partial charge in [-0.25, -0.2) is 0 Å². The second-order valence-corrected chi connectivity index (χ2v) is 6.18. The minimum absolute atomic E-state index is 0.0827. The molecule has 1 fully saturated rings. The van der Waals surface area contributed by atoms with E-state index in [4.69, 9.17) is 0 Å². The smallest absolute Gasteiger partial charge is 0.238 e. The molecule has 0 atom stereocenters. The summed E-state index contributed by atoms with van der Waals surface area (Å²) in [6.45, 7) is 2.58. The molecule has 120 valence electrons. The Hall–Kier alpha value is -2.13. The van der Waals surface area contributed by atoms with Crippen molar-refractivity contribution in [1.29, 1.82) is 0 Å². The summed E-state index contributed by atoms with van der Waals surface area (Å²) in [5.41, 5.74) is 3.22.